The van der Waals surface area contributed by atoms with Crippen molar-refractivity contribution in [2.24, 2.45) is 0 Å². The van der Waals surface area contributed by atoms with Gasteiger partial charge in [-0.1, -0.05) is 18.2 Å². The van der Waals surface area contributed by atoms with Crippen molar-refractivity contribution in [3.05, 3.63) is 66.2 Å². The number of nitrogens with zero attached hydrogens (tertiary/aromatic N) is 1. The molecule has 4 N–H and O–H groups in total. The fraction of sp³-hybridized carbons (Fsp3) is 0.167. The Kier molecular flexibility index (Phi) is 5.76. The van der Waals surface area contributed by atoms with Crippen molar-refractivity contribution in [1.82, 2.24) is 0 Å². The van der Waals surface area contributed by atoms with Crippen molar-refractivity contribution < 1.29 is 23.1 Å². The number of halogens is 3. The number of benzene rings is 2. The van der Waals surface area contributed by atoms with Crippen molar-refractivity contribution >= 4 is 23.2 Å². The van der Waals surface area contributed by atoms with Crippen molar-refractivity contribution in [1.29, 1.82) is 0 Å². The highest BCUT2D eigenvalue weighted by Gasteiger charge is 2.29. The maximum absolute atomic E-state index is 12.7. The number of hydrogen-bond acceptors (Lipinski definition) is 3. The molecule has 1 amide bonds. The predicted octanol–water partition coefficient (Wildman–Crippen LogP) is 4.57. The topological polar surface area (TPSA) is 78.6 Å². The minimum Gasteiger partial charge on any atom is -0.465 e. The van der Waals surface area contributed by atoms with Crippen LogP contribution in [0.5, 0.6) is 0 Å². The molecule has 0 aliphatic carbocycles. The molecule has 8 heteroatoms. The van der Waals surface area contributed by atoms with Crippen LogP contribution in [0.2, 0.25) is 0 Å². The first kappa shape index (κ1) is 19.2. The van der Waals surface area contributed by atoms with E-state index in [2.05, 4.69) is 11.9 Å². The summed E-state index contributed by atoms with van der Waals surface area (Å²) >= 11 is 0. The summed E-state index contributed by atoms with van der Waals surface area (Å²) in [7, 11) is 0. The van der Waals surface area contributed by atoms with Gasteiger partial charge in [0, 0.05) is 18.8 Å². The number of carbonyl (C=O) groups is 1. The normalized spacial score (nSPS) is 11.0. The Hall–Kier alpha value is -3.16. The van der Waals surface area contributed by atoms with Crippen molar-refractivity contribution in [2.75, 3.05) is 22.5 Å². The summed E-state index contributed by atoms with van der Waals surface area (Å²) in [6.07, 6.45) is -3.94. The molecule has 0 heterocycles. The summed E-state index contributed by atoms with van der Waals surface area (Å²) in [5.74, 6) is 0. The highest BCUT2D eigenvalue weighted by molar-refractivity contribution is 5.88. The number of hydrogen-bond donors (Lipinski definition) is 3. The third kappa shape index (κ3) is 4.92. The van der Waals surface area contributed by atoms with Crippen LogP contribution in [0.3, 0.4) is 0 Å². The Morgan fingerprint density at radius 3 is 2.38 bits per heavy atom. The fourth-order valence-corrected chi connectivity index (χ4v) is 2.41. The zero-order valence-electron chi connectivity index (χ0n) is 13.8. The molecule has 0 saturated heterocycles. The first-order valence-corrected chi connectivity index (χ1v) is 7.62. The maximum atomic E-state index is 12.7. The highest BCUT2D eigenvalue weighted by atomic mass is 19.4. The van der Waals surface area contributed by atoms with Gasteiger partial charge in [-0.25, -0.2) is 4.79 Å². The number of alkyl halides is 3. The van der Waals surface area contributed by atoms with Gasteiger partial charge in [0.25, 0.3) is 0 Å². The zero-order chi connectivity index (χ0) is 19.3. The number of anilines is 3. The quantitative estimate of drug-likeness (QED) is 0.518. The Labute approximate surface area is 148 Å². The van der Waals surface area contributed by atoms with E-state index in [1.54, 1.807) is 18.2 Å². The van der Waals surface area contributed by atoms with Crippen LogP contribution in [-0.2, 0) is 12.7 Å². The van der Waals surface area contributed by atoms with Gasteiger partial charge in [-0.3, -0.25) is 5.32 Å². The number of nitrogen functional groups attached to an aromatic ring is 1. The van der Waals surface area contributed by atoms with E-state index in [0.29, 0.717) is 24.3 Å². The molecule has 0 atom stereocenters. The van der Waals surface area contributed by atoms with E-state index in [1.165, 1.54) is 18.2 Å². The van der Waals surface area contributed by atoms with Crippen LogP contribution in [0.25, 0.3) is 0 Å². The zero-order valence-corrected chi connectivity index (χ0v) is 13.8. The molecule has 2 aromatic carbocycles. The van der Waals surface area contributed by atoms with Gasteiger partial charge >= 0.3 is 12.3 Å². The lowest BCUT2D eigenvalue weighted by Gasteiger charge is -2.24. The van der Waals surface area contributed by atoms with E-state index in [0.717, 1.165) is 12.1 Å². The van der Waals surface area contributed by atoms with Gasteiger partial charge in [-0.2, -0.15) is 13.2 Å². The van der Waals surface area contributed by atoms with Gasteiger partial charge in [0.1, 0.15) is 0 Å². The largest absolute Gasteiger partial charge is 0.465 e. The average Bonchev–Trinajstić information content (AvgIpc) is 2.55. The van der Waals surface area contributed by atoms with Gasteiger partial charge in [-0.05, 0) is 35.9 Å². The van der Waals surface area contributed by atoms with Crippen LogP contribution < -0.4 is 16.0 Å². The number of nitrogens with one attached hydrogen (secondary N) is 1. The Balaban J connectivity index is 2.22. The summed E-state index contributed by atoms with van der Waals surface area (Å²) in [6, 6.07) is 9.71. The van der Waals surface area contributed by atoms with Crippen LogP contribution in [0.4, 0.5) is 35.0 Å². The van der Waals surface area contributed by atoms with E-state index in [9.17, 15) is 18.0 Å². The molecule has 2 aromatic rings. The summed E-state index contributed by atoms with van der Waals surface area (Å²) < 4.78 is 38.0. The molecule has 2 rings (SSSR count). The number of amides is 1. The molecule has 26 heavy (non-hydrogen) atoms. The van der Waals surface area contributed by atoms with E-state index in [-0.39, 0.29) is 11.4 Å². The van der Waals surface area contributed by atoms with E-state index >= 15 is 0 Å². The molecule has 138 valence electrons. The molecule has 5 nitrogen and oxygen atoms in total. The van der Waals surface area contributed by atoms with Crippen LogP contribution in [-0.4, -0.2) is 17.7 Å². The monoisotopic (exact) mass is 365 g/mol. The summed E-state index contributed by atoms with van der Waals surface area (Å²) in [5, 5.41) is 10.9. The highest BCUT2D eigenvalue weighted by Crippen LogP contribution is 2.30. The third-order valence-corrected chi connectivity index (χ3v) is 3.65. The van der Waals surface area contributed by atoms with Gasteiger partial charge in [0.15, 0.2) is 0 Å². The maximum Gasteiger partial charge on any atom is 0.416 e. The summed E-state index contributed by atoms with van der Waals surface area (Å²) in [4.78, 5) is 12.6. The first-order valence-electron chi connectivity index (χ1n) is 7.62. The number of rotatable bonds is 6. The van der Waals surface area contributed by atoms with Gasteiger partial charge < -0.3 is 15.7 Å². The molecule has 0 aliphatic heterocycles. The minimum atomic E-state index is -4.37. The van der Waals surface area contributed by atoms with Gasteiger partial charge in [0.05, 0.1) is 16.9 Å². The van der Waals surface area contributed by atoms with Crippen LogP contribution in [0, 0.1) is 0 Å². The molecule has 0 aromatic heterocycles. The van der Waals surface area contributed by atoms with Crippen LogP contribution >= 0.6 is 0 Å². The van der Waals surface area contributed by atoms with Gasteiger partial charge in [-0.15, -0.1) is 6.58 Å². The lowest BCUT2D eigenvalue weighted by Crippen LogP contribution is -2.23. The van der Waals surface area contributed by atoms with Crippen LogP contribution in [0.15, 0.2) is 55.1 Å². The van der Waals surface area contributed by atoms with Gasteiger partial charge in [0.2, 0.25) is 0 Å². The SMILES string of the molecule is C=CCN(Cc1ccc(C(F)(F)F)cc1)c1ccc(NC(=O)O)c(N)c1. The van der Waals surface area contributed by atoms with Crippen molar-refractivity contribution in [2.45, 2.75) is 12.7 Å². The lowest BCUT2D eigenvalue weighted by molar-refractivity contribution is -0.137. The first-order chi connectivity index (χ1) is 12.2. The van der Waals surface area contributed by atoms with Crippen molar-refractivity contribution in [3.63, 3.8) is 0 Å². The second kappa shape index (κ2) is 7.81. The molecule has 0 bridgehead atoms. The molecule has 0 aliphatic rings. The number of nitrogens with two attached hydrogens (primary N) is 1. The second-order valence-electron chi connectivity index (χ2n) is 5.57. The van der Waals surface area contributed by atoms with E-state index in [4.69, 9.17) is 10.8 Å². The molecule has 0 spiro atoms. The molecule has 0 unspecified atom stereocenters. The molecule has 0 saturated carbocycles. The second-order valence-corrected chi connectivity index (χ2v) is 5.57. The molecule has 0 radical (unpaired) electrons. The Morgan fingerprint density at radius 2 is 1.88 bits per heavy atom. The predicted molar refractivity (Wildman–Crippen MR) is 95.2 cm³/mol. The van der Waals surface area contributed by atoms with Crippen LogP contribution in [0.1, 0.15) is 11.1 Å². The summed E-state index contributed by atoms with van der Waals surface area (Å²) in [6.45, 7) is 4.46. The molecular formula is C18H18F3N3O2. The Morgan fingerprint density at radius 1 is 1.23 bits per heavy atom. The standard InChI is InChI=1S/C18H18F3N3O2/c1-2-9-24(11-12-3-5-13(6-4-12)18(19,20)21)14-7-8-16(15(22)10-14)23-17(25)26/h2-8,10,23H,1,9,11,22H2,(H,25,26). The number of carboxylic acid groups (broad SMARTS) is 1. The molecule has 0 fully saturated rings. The fourth-order valence-electron chi connectivity index (χ4n) is 2.41. The smallest absolute Gasteiger partial charge is 0.416 e. The van der Waals surface area contributed by atoms with E-state index in [1.807, 2.05) is 4.90 Å². The summed E-state index contributed by atoms with van der Waals surface area (Å²) in [5.41, 5.74) is 7.04. The lowest BCUT2D eigenvalue weighted by atomic mass is 10.1. The molecular weight excluding hydrogens is 347 g/mol. The Bertz CT molecular complexity index is 789. The third-order valence-electron chi connectivity index (χ3n) is 3.65. The van der Waals surface area contributed by atoms with Crippen molar-refractivity contribution in [3.8, 4) is 0 Å². The average molecular weight is 365 g/mol. The van der Waals surface area contributed by atoms with E-state index < -0.39 is 17.8 Å². The minimum absolute atomic E-state index is 0.242.